The van der Waals surface area contributed by atoms with Gasteiger partial charge in [-0.15, -0.1) is 0 Å². The molecule has 0 spiro atoms. The molecule has 188 valence electrons. The third-order valence-electron chi connectivity index (χ3n) is 5.80. The molecule has 11 heteroatoms. The molecule has 1 fully saturated rings. The zero-order valence-corrected chi connectivity index (χ0v) is 20.7. The van der Waals surface area contributed by atoms with Crippen molar-refractivity contribution in [2.75, 3.05) is 23.4 Å². The molecule has 1 aliphatic heterocycles. The summed E-state index contributed by atoms with van der Waals surface area (Å²) in [4.78, 5) is 26.9. The number of amides is 3. The van der Waals surface area contributed by atoms with Gasteiger partial charge in [-0.25, -0.2) is 22.0 Å². The Morgan fingerprint density at radius 1 is 1.00 bits per heavy atom. The maximum Gasteiger partial charge on any atom is 0.322 e. The smallest absolute Gasteiger partial charge is 0.319 e. The Labute approximate surface area is 212 Å². The highest BCUT2D eigenvalue weighted by Crippen LogP contribution is 2.32. The number of carbonyl (C=O) groups is 2. The summed E-state index contributed by atoms with van der Waals surface area (Å²) < 4.78 is 54.0. The van der Waals surface area contributed by atoms with Crippen LogP contribution in [0.4, 0.5) is 25.0 Å². The predicted octanol–water partition coefficient (Wildman–Crippen LogP) is 5.32. The molecule has 0 aromatic heterocycles. The van der Waals surface area contributed by atoms with Crippen molar-refractivity contribution < 1.29 is 26.8 Å². The van der Waals surface area contributed by atoms with Crippen LogP contribution in [0.1, 0.15) is 12.8 Å². The van der Waals surface area contributed by atoms with E-state index in [1.165, 1.54) is 23.1 Å². The number of halogens is 3. The lowest BCUT2D eigenvalue weighted by Gasteiger charge is -2.24. The van der Waals surface area contributed by atoms with Crippen LogP contribution in [-0.4, -0.2) is 44.1 Å². The standard InChI is InChI=1S/C25H22ClF2N3O4S/c1-36(34,35)22-7-3-2-5-18(22)15-13-19(27)23(20(28)14-15)30-24(32)21-6-4-12-31(21)25(33)29-17-10-8-16(26)9-11-17/h2-3,5,7-11,13-14,21H,4,6,12H2,1H3,(H,29,33)(H,30,32). The fraction of sp³-hybridized carbons (Fsp3) is 0.200. The van der Waals surface area contributed by atoms with E-state index >= 15 is 0 Å². The van der Waals surface area contributed by atoms with Crippen molar-refractivity contribution in [1.82, 2.24) is 4.90 Å². The monoisotopic (exact) mass is 533 g/mol. The lowest BCUT2D eigenvalue weighted by molar-refractivity contribution is -0.119. The fourth-order valence-corrected chi connectivity index (χ4v) is 5.13. The van der Waals surface area contributed by atoms with Crippen LogP contribution in [-0.2, 0) is 14.6 Å². The molecule has 1 saturated heterocycles. The molecule has 3 amide bonds. The molecule has 0 bridgehead atoms. The average molecular weight is 534 g/mol. The summed E-state index contributed by atoms with van der Waals surface area (Å²) in [5.41, 5.74) is -0.0477. The van der Waals surface area contributed by atoms with Crippen LogP contribution >= 0.6 is 11.6 Å². The number of hydrogen-bond acceptors (Lipinski definition) is 4. The van der Waals surface area contributed by atoms with Crippen LogP contribution in [0.3, 0.4) is 0 Å². The van der Waals surface area contributed by atoms with Crippen molar-refractivity contribution in [1.29, 1.82) is 0 Å². The number of nitrogens with zero attached hydrogens (tertiary/aromatic N) is 1. The Bertz CT molecular complexity index is 1410. The number of sulfone groups is 1. The summed E-state index contributed by atoms with van der Waals surface area (Å²) in [5, 5.41) is 5.43. The molecule has 1 aliphatic rings. The molecular weight excluding hydrogens is 512 g/mol. The topological polar surface area (TPSA) is 95.6 Å². The molecule has 4 rings (SSSR count). The second kappa shape index (κ2) is 10.2. The minimum Gasteiger partial charge on any atom is -0.319 e. The molecule has 1 heterocycles. The van der Waals surface area contributed by atoms with Crippen LogP contribution < -0.4 is 10.6 Å². The van der Waals surface area contributed by atoms with E-state index in [0.29, 0.717) is 30.1 Å². The van der Waals surface area contributed by atoms with Crippen LogP contribution in [0, 0.1) is 11.6 Å². The number of anilines is 2. The normalized spacial score (nSPS) is 15.6. The van der Waals surface area contributed by atoms with Gasteiger partial charge >= 0.3 is 6.03 Å². The van der Waals surface area contributed by atoms with Gasteiger partial charge < -0.3 is 15.5 Å². The van der Waals surface area contributed by atoms with Gasteiger partial charge in [-0.1, -0.05) is 29.8 Å². The van der Waals surface area contributed by atoms with Crippen LogP contribution in [0.25, 0.3) is 11.1 Å². The van der Waals surface area contributed by atoms with E-state index in [2.05, 4.69) is 10.6 Å². The molecule has 36 heavy (non-hydrogen) atoms. The average Bonchev–Trinajstić information content (AvgIpc) is 3.32. The third-order valence-corrected chi connectivity index (χ3v) is 7.21. The molecule has 1 unspecified atom stereocenters. The highest BCUT2D eigenvalue weighted by Gasteiger charge is 2.35. The lowest BCUT2D eigenvalue weighted by Crippen LogP contribution is -2.45. The van der Waals surface area contributed by atoms with Crippen molar-refractivity contribution in [3.63, 3.8) is 0 Å². The minimum absolute atomic E-state index is 0.00820. The second-order valence-electron chi connectivity index (χ2n) is 8.36. The second-order valence-corrected chi connectivity index (χ2v) is 10.8. The third kappa shape index (κ3) is 5.50. The maximum atomic E-state index is 14.9. The summed E-state index contributed by atoms with van der Waals surface area (Å²) in [6, 6.07) is 12.8. The van der Waals surface area contributed by atoms with E-state index in [0.717, 1.165) is 18.4 Å². The van der Waals surface area contributed by atoms with Gasteiger partial charge in [-0.05, 0) is 60.9 Å². The van der Waals surface area contributed by atoms with Crippen molar-refractivity contribution in [3.8, 4) is 11.1 Å². The molecular formula is C25H22ClF2N3O4S. The number of carbonyl (C=O) groups excluding carboxylic acids is 2. The van der Waals surface area contributed by atoms with Gasteiger partial charge in [-0.2, -0.15) is 0 Å². The molecule has 0 radical (unpaired) electrons. The van der Waals surface area contributed by atoms with E-state index < -0.39 is 45.1 Å². The number of benzene rings is 3. The van der Waals surface area contributed by atoms with Crippen LogP contribution in [0.2, 0.25) is 5.02 Å². The zero-order valence-electron chi connectivity index (χ0n) is 19.1. The highest BCUT2D eigenvalue weighted by atomic mass is 35.5. The van der Waals surface area contributed by atoms with Gasteiger partial charge in [0.1, 0.15) is 23.4 Å². The van der Waals surface area contributed by atoms with Gasteiger partial charge in [0.05, 0.1) is 4.90 Å². The molecule has 2 N–H and O–H groups in total. The van der Waals surface area contributed by atoms with Crippen LogP contribution in [0.5, 0.6) is 0 Å². The molecule has 7 nitrogen and oxygen atoms in total. The first kappa shape index (κ1) is 25.6. The van der Waals surface area contributed by atoms with Crippen molar-refractivity contribution in [2.45, 2.75) is 23.8 Å². The zero-order chi connectivity index (χ0) is 26.0. The van der Waals surface area contributed by atoms with Crippen molar-refractivity contribution in [3.05, 3.63) is 77.3 Å². The molecule has 3 aromatic rings. The Kier molecular flexibility index (Phi) is 7.28. The first-order valence-electron chi connectivity index (χ1n) is 11.0. The molecule has 0 aliphatic carbocycles. The number of nitrogens with one attached hydrogen (secondary N) is 2. The molecule has 1 atom stereocenters. The first-order valence-corrected chi connectivity index (χ1v) is 13.2. The largest absolute Gasteiger partial charge is 0.322 e. The molecule has 0 saturated carbocycles. The van der Waals surface area contributed by atoms with E-state index in [1.807, 2.05) is 0 Å². The highest BCUT2D eigenvalue weighted by molar-refractivity contribution is 7.90. The van der Waals surface area contributed by atoms with Crippen molar-refractivity contribution in [2.24, 2.45) is 0 Å². The maximum absolute atomic E-state index is 14.9. The number of hydrogen-bond donors (Lipinski definition) is 2. The Morgan fingerprint density at radius 2 is 1.64 bits per heavy atom. The SMILES string of the molecule is CS(=O)(=O)c1ccccc1-c1cc(F)c(NC(=O)C2CCCN2C(=O)Nc2ccc(Cl)cc2)c(F)c1. The van der Waals surface area contributed by atoms with E-state index in [1.54, 1.807) is 30.3 Å². The first-order chi connectivity index (χ1) is 17.0. The summed E-state index contributed by atoms with van der Waals surface area (Å²) in [6.07, 6.45) is 1.87. The fourth-order valence-electron chi connectivity index (χ4n) is 4.09. The van der Waals surface area contributed by atoms with Gasteiger partial charge in [-0.3, -0.25) is 4.79 Å². The van der Waals surface area contributed by atoms with E-state index in [-0.39, 0.29) is 16.0 Å². The number of rotatable bonds is 5. The van der Waals surface area contributed by atoms with Gasteiger partial charge in [0.25, 0.3) is 0 Å². The van der Waals surface area contributed by atoms with E-state index in [4.69, 9.17) is 11.6 Å². The summed E-state index contributed by atoms with van der Waals surface area (Å²) >= 11 is 5.85. The minimum atomic E-state index is -3.65. The van der Waals surface area contributed by atoms with E-state index in [9.17, 15) is 26.8 Å². The Hall–Kier alpha value is -3.50. The Balaban J connectivity index is 1.54. The summed E-state index contributed by atoms with van der Waals surface area (Å²) in [5.74, 6) is -2.88. The quantitative estimate of drug-likeness (QED) is 0.464. The number of urea groups is 1. The summed E-state index contributed by atoms with van der Waals surface area (Å²) in [6.45, 7) is 0.295. The molecule has 3 aromatic carbocycles. The Morgan fingerprint density at radius 3 is 2.28 bits per heavy atom. The van der Waals surface area contributed by atoms with Gasteiger partial charge in [0.2, 0.25) is 5.91 Å². The number of likely N-dealkylation sites (tertiary alicyclic amines) is 1. The predicted molar refractivity (Wildman–Crippen MR) is 134 cm³/mol. The van der Waals surface area contributed by atoms with Crippen LogP contribution in [0.15, 0.2) is 65.6 Å². The van der Waals surface area contributed by atoms with Gasteiger partial charge in [0.15, 0.2) is 9.84 Å². The lowest BCUT2D eigenvalue weighted by atomic mass is 10.0. The summed E-state index contributed by atoms with van der Waals surface area (Å²) in [7, 11) is -3.65. The van der Waals surface area contributed by atoms with Gasteiger partial charge in [0, 0.05) is 29.1 Å². The van der Waals surface area contributed by atoms with Crippen molar-refractivity contribution >= 4 is 44.8 Å².